The van der Waals surface area contributed by atoms with E-state index >= 15 is 0 Å². The summed E-state index contributed by atoms with van der Waals surface area (Å²) in [6, 6.07) is 9.33. The van der Waals surface area contributed by atoms with E-state index in [2.05, 4.69) is 15.2 Å². The predicted octanol–water partition coefficient (Wildman–Crippen LogP) is 4.66. The van der Waals surface area contributed by atoms with Crippen molar-refractivity contribution in [2.75, 3.05) is 0 Å². The van der Waals surface area contributed by atoms with Gasteiger partial charge in [-0.05, 0) is 41.0 Å². The minimum absolute atomic E-state index is 0.269. The summed E-state index contributed by atoms with van der Waals surface area (Å²) in [5.74, 6) is 0.825. The van der Waals surface area contributed by atoms with Crippen LogP contribution in [0.15, 0.2) is 45.8 Å². The summed E-state index contributed by atoms with van der Waals surface area (Å²) in [5.41, 5.74) is 2.55. The van der Waals surface area contributed by atoms with Crippen LogP contribution in [-0.2, 0) is 12.7 Å². The van der Waals surface area contributed by atoms with Gasteiger partial charge in [-0.3, -0.25) is 4.99 Å². The van der Waals surface area contributed by atoms with E-state index in [4.69, 9.17) is 4.42 Å². The first-order chi connectivity index (χ1) is 11.9. The molecule has 0 atom stereocenters. The molecule has 2 aromatic carbocycles. The molecule has 0 aliphatic carbocycles. The third kappa shape index (κ3) is 2.82. The van der Waals surface area contributed by atoms with Gasteiger partial charge in [0.25, 0.3) is 0 Å². The van der Waals surface area contributed by atoms with Crippen LogP contribution in [0.1, 0.15) is 22.6 Å². The van der Waals surface area contributed by atoms with Crippen molar-refractivity contribution < 1.29 is 17.6 Å². The lowest BCUT2D eigenvalue weighted by molar-refractivity contribution is -0.137. The van der Waals surface area contributed by atoms with Crippen LogP contribution in [-0.4, -0.2) is 16.4 Å². The van der Waals surface area contributed by atoms with Gasteiger partial charge in [-0.2, -0.15) is 13.2 Å². The zero-order valence-corrected chi connectivity index (χ0v) is 13.1. The van der Waals surface area contributed by atoms with E-state index in [1.807, 2.05) is 0 Å². The van der Waals surface area contributed by atoms with E-state index in [0.717, 1.165) is 5.56 Å². The summed E-state index contributed by atoms with van der Waals surface area (Å²) in [6.07, 6.45) is -2.77. The van der Waals surface area contributed by atoms with Gasteiger partial charge in [0.2, 0.25) is 11.8 Å². The number of aromatic nitrogens is 2. The molecule has 0 saturated carbocycles. The Hall–Kier alpha value is -2.96. The van der Waals surface area contributed by atoms with Crippen LogP contribution >= 0.6 is 0 Å². The molecule has 0 radical (unpaired) electrons. The highest BCUT2D eigenvalue weighted by atomic mass is 19.4. The SMILES string of the molecule is Cc1nnc(-c2ccc(-c3cc(C(F)(F)F)cc4c3C=NC4)cc2)o1. The molecule has 0 unspecified atom stereocenters. The fraction of sp³-hybridized carbons (Fsp3) is 0.167. The molecular weight excluding hydrogens is 331 g/mol. The third-order valence-electron chi connectivity index (χ3n) is 4.04. The van der Waals surface area contributed by atoms with E-state index in [-0.39, 0.29) is 6.54 Å². The number of benzene rings is 2. The zero-order valence-electron chi connectivity index (χ0n) is 13.1. The summed E-state index contributed by atoms with van der Waals surface area (Å²) < 4.78 is 44.9. The van der Waals surface area contributed by atoms with E-state index in [1.54, 1.807) is 37.4 Å². The third-order valence-corrected chi connectivity index (χ3v) is 4.04. The van der Waals surface area contributed by atoms with Crippen LogP contribution in [0, 0.1) is 6.92 Å². The molecule has 126 valence electrons. The second kappa shape index (κ2) is 5.54. The van der Waals surface area contributed by atoms with Crippen molar-refractivity contribution in [2.45, 2.75) is 19.6 Å². The van der Waals surface area contributed by atoms with E-state index in [0.29, 0.717) is 34.0 Å². The van der Waals surface area contributed by atoms with E-state index in [9.17, 15) is 13.2 Å². The Labute approximate surface area is 141 Å². The van der Waals surface area contributed by atoms with Gasteiger partial charge in [0.15, 0.2) is 0 Å². The minimum Gasteiger partial charge on any atom is -0.421 e. The molecule has 7 heteroatoms. The van der Waals surface area contributed by atoms with Crippen molar-refractivity contribution in [1.82, 2.24) is 10.2 Å². The predicted molar refractivity (Wildman–Crippen MR) is 86.2 cm³/mol. The average molecular weight is 343 g/mol. The summed E-state index contributed by atoms with van der Waals surface area (Å²) in [6.45, 7) is 1.96. The molecule has 0 amide bonds. The van der Waals surface area contributed by atoms with Crippen molar-refractivity contribution in [1.29, 1.82) is 0 Å². The van der Waals surface area contributed by atoms with Crippen LogP contribution in [0.3, 0.4) is 0 Å². The Morgan fingerprint density at radius 1 is 1.00 bits per heavy atom. The van der Waals surface area contributed by atoms with Gasteiger partial charge in [0.05, 0.1) is 12.1 Å². The lowest BCUT2D eigenvalue weighted by Crippen LogP contribution is -2.07. The number of aliphatic imine (C=N–C) groups is 1. The minimum atomic E-state index is -4.40. The summed E-state index contributed by atoms with van der Waals surface area (Å²) in [4.78, 5) is 4.10. The molecule has 1 aromatic heterocycles. The lowest BCUT2D eigenvalue weighted by atomic mass is 9.93. The molecule has 25 heavy (non-hydrogen) atoms. The van der Waals surface area contributed by atoms with Gasteiger partial charge in [-0.25, -0.2) is 0 Å². The highest BCUT2D eigenvalue weighted by Crippen LogP contribution is 2.37. The topological polar surface area (TPSA) is 51.3 Å². The standard InChI is InChI=1S/C18H12F3N3O/c1-10-23-24-17(25-10)12-4-2-11(3-5-12)15-7-14(18(19,20)21)6-13-8-22-9-16(13)15/h2-7,9H,8H2,1H3. The van der Waals surface area contributed by atoms with Gasteiger partial charge >= 0.3 is 6.18 Å². The van der Waals surface area contributed by atoms with Gasteiger partial charge in [0.1, 0.15) is 0 Å². The van der Waals surface area contributed by atoms with Crippen LogP contribution in [0.5, 0.6) is 0 Å². The van der Waals surface area contributed by atoms with Crippen molar-refractivity contribution in [3.05, 3.63) is 59.0 Å². The highest BCUT2D eigenvalue weighted by Gasteiger charge is 2.32. The van der Waals surface area contributed by atoms with Crippen LogP contribution in [0.4, 0.5) is 13.2 Å². The first-order valence-corrected chi connectivity index (χ1v) is 7.57. The monoisotopic (exact) mass is 343 g/mol. The smallest absolute Gasteiger partial charge is 0.416 e. The van der Waals surface area contributed by atoms with Crippen molar-refractivity contribution in [3.63, 3.8) is 0 Å². The Morgan fingerprint density at radius 2 is 1.72 bits per heavy atom. The maximum atomic E-state index is 13.2. The number of nitrogens with zero attached hydrogens (tertiary/aromatic N) is 3. The van der Waals surface area contributed by atoms with Crippen molar-refractivity contribution >= 4 is 6.21 Å². The molecule has 0 bridgehead atoms. The maximum Gasteiger partial charge on any atom is 0.416 e. The van der Waals surface area contributed by atoms with Gasteiger partial charge in [0, 0.05) is 24.3 Å². The van der Waals surface area contributed by atoms with Gasteiger partial charge < -0.3 is 4.42 Å². The average Bonchev–Trinajstić information content (AvgIpc) is 3.22. The first kappa shape index (κ1) is 15.6. The fourth-order valence-electron chi connectivity index (χ4n) is 2.84. The summed E-state index contributed by atoms with van der Waals surface area (Å²) in [5, 5.41) is 7.71. The molecule has 1 aliphatic rings. The van der Waals surface area contributed by atoms with Crippen LogP contribution < -0.4 is 0 Å². The molecule has 1 aliphatic heterocycles. The van der Waals surface area contributed by atoms with E-state index in [1.165, 1.54) is 12.1 Å². The number of hydrogen-bond donors (Lipinski definition) is 0. The van der Waals surface area contributed by atoms with Crippen LogP contribution in [0.2, 0.25) is 0 Å². The molecule has 3 aromatic rings. The Morgan fingerprint density at radius 3 is 2.36 bits per heavy atom. The van der Waals surface area contributed by atoms with E-state index < -0.39 is 11.7 Å². The highest BCUT2D eigenvalue weighted by molar-refractivity contribution is 5.94. The normalized spacial score (nSPS) is 13.3. The van der Waals surface area contributed by atoms with Crippen molar-refractivity contribution in [2.24, 2.45) is 4.99 Å². The van der Waals surface area contributed by atoms with Crippen LogP contribution in [0.25, 0.3) is 22.6 Å². The molecule has 0 N–H and O–H groups in total. The summed E-state index contributed by atoms with van der Waals surface area (Å²) >= 11 is 0. The van der Waals surface area contributed by atoms with Gasteiger partial charge in [-0.15, -0.1) is 10.2 Å². The van der Waals surface area contributed by atoms with Crippen molar-refractivity contribution in [3.8, 4) is 22.6 Å². The lowest BCUT2D eigenvalue weighted by Gasteiger charge is -2.13. The Kier molecular flexibility index (Phi) is 3.45. The first-order valence-electron chi connectivity index (χ1n) is 7.57. The Balaban J connectivity index is 1.79. The number of alkyl halides is 3. The zero-order chi connectivity index (χ0) is 17.6. The second-order valence-electron chi connectivity index (χ2n) is 5.77. The number of halogens is 3. The largest absolute Gasteiger partial charge is 0.421 e. The number of rotatable bonds is 2. The molecule has 0 saturated heterocycles. The number of fused-ring (bicyclic) bond motifs is 1. The molecule has 2 heterocycles. The number of hydrogen-bond acceptors (Lipinski definition) is 4. The molecular formula is C18H12F3N3O. The molecule has 0 fully saturated rings. The molecule has 4 rings (SSSR count). The molecule has 0 spiro atoms. The van der Waals surface area contributed by atoms with Gasteiger partial charge in [-0.1, -0.05) is 12.1 Å². The Bertz CT molecular complexity index is 972. The summed E-state index contributed by atoms with van der Waals surface area (Å²) in [7, 11) is 0. The second-order valence-corrected chi connectivity index (χ2v) is 5.77. The quantitative estimate of drug-likeness (QED) is 0.680. The maximum absolute atomic E-state index is 13.2. The number of aryl methyl sites for hydroxylation is 1. The fourth-order valence-corrected chi connectivity index (χ4v) is 2.84. The molecule has 4 nitrogen and oxygen atoms in total.